The van der Waals surface area contributed by atoms with Crippen LogP contribution in [0.5, 0.6) is 5.75 Å². The van der Waals surface area contributed by atoms with Crippen molar-refractivity contribution in [3.05, 3.63) is 29.8 Å². The molecule has 1 aromatic rings. The molecule has 0 spiro atoms. The van der Waals surface area contributed by atoms with E-state index in [9.17, 15) is 4.79 Å². The summed E-state index contributed by atoms with van der Waals surface area (Å²) >= 11 is 0. The third kappa shape index (κ3) is 4.67. The summed E-state index contributed by atoms with van der Waals surface area (Å²) in [6.07, 6.45) is 2.57. The number of carbonyl (C=O) groups excluding carboxylic acids is 1. The van der Waals surface area contributed by atoms with Crippen LogP contribution in [0.1, 0.15) is 38.7 Å². The first-order chi connectivity index (χ1) is 12.5. The maximum absolute atomic E-state index is 11.8. The minimum absolute atomic E-state index is 0. The lowest BCUT2D eigenvalue weighted by atomic mass is 9.96. The highest BCUT2D eigenvalue weighted by atomic mass is 127. The lowest BCUT2D eigenvalue weighted by Crippen LogP contribution is -2.46. The quantitative estimate of drug-likeness (QED) is 0.382. The van der Waals surface area contributed by atoms with Gasteiger partial charge >= 0.3 is 0 Å². The lowest BCUT2D eigenvalue weighted by molar-refractivity contribution is -0.129. The molecule has 1 aliphatic carbocycles. The number of para-hydroxylation sites is 1. The molecule has 1 saturated heterocycles. The Morgan fingerprint density at radius 1 is 1.37 bits per heavy atom. The molecule has 27 heavy (non-hydrogen) atoms. The number of nitrogens with zero attached hydrogens (tertiary/aromatic N) is 2. The number of rotatable bonds is 5. The highest BCUT2D eigenvalue weighted by Gasteiger charge is 2.53. The summed E-state index contributed by atoms with van der Waals surface area (Å²) in [6.45, 7) is 5.74. The van der Waals surface area contributed by atoms with Crippen LogP contribution in [0.2, 0.25) is 0 Å². The van der Waals surface area contributed by atoms with Gasteiger partial charge in [-0.25, -0.2) is 0 Å². The van der Waals surface area contributed by atoms with Crippen LogP contribution >= 0.6 is 24.0 Å². The molecule has 1 heterocycles. The number of nitrogens with one attached hydrogen (secondary N) is 2. The van der Waals surface area contributed by atoms with Crippen LogP contribution in [-0.4, -0.2) is 56.1 Å². The molecule has 0 aromatic heterocycles. The van der Waals surface area contributed by atoms with E-state index in [1.54, 1.807) is 14.2 Å². The summed E-state index contributed by atoms with van der Waals surface area (Å²) in [4.78, 5) is 18.2. The number of methoxy groups -OCH3 is 1. The van der Waals surface area contributed by atoms with Gasteiger partial charge in [0.25, 0.3) is 0 Å². The fourth-order valence-electron chi connectivity index (χ4n) is 3.85. The fraction of sp³-hybridized carbons (Fsp3) is 0.600. The zero-order valence-electron chi connectivity index (χ0n) is 16.6. The van der Waals surface area contributed by atoms with E-state index < -0.39 is 0 Å². The smallest absolute Gasteiger partial charge is 0.222 e. The van der Waals surface area contributed by atoms with E-state index in [-0.39, 0.29) is 41.3 Å². The number of amides is 1. The topological polar surface area (TPSA) is 66.0 Å². The van der Waals surface area contributed by atoms with Crippen molar-refractivity contribution in [3.63, 3.8) is 0 Å². The number of carbonyl (C=O) groups is 1. The number of aliphatic imine (C=N–C) groups is 1. The molecule has 7 heteroatoms. The molecule has 1 aliphatic heterocycles. The van der Waals surface area contributed by atoms with Crippen molar-refractivity contribution in [3.8, 4) is 5.75 Å². The summed E-state index contributed by atoms with van der Waals surface area (Å²) in [5.74, 6) is 1.97. The third-order valence-electron chi connectivity index (χ3n) is 5.68. The van der Waals surface area contributed by atoms with Crippen molar-refractivity contribution in [2.75, 3.05) is 27.2 Å². The molecule has 150 valence electrons. The lowest BCUT2D eigenvalue weighted by Gasteiger charge is -2.20. The molecule has 1 aromatic carbocycles. The largest absolute Gasteiger partial charge is 0.496 e. The second-order valence-electron chi connectivity index (χ2n) is 7.41. The van der Waals surface area contributed by atoms with E-state index in [2.05, 4.69) is 34.7 Å². The Hall–Kier alpha value is -1.51. The van der Waals surface area contributed by atoms with Gasteiger partial charge in [0.05, 0.1) is 7.11 Å². The monoisotopic (exact) mass is 486 g/mol. The van der Waals surface area contributed by atoms with Gasteiger partial charge in [-0.15, -0.1) is 24.0 Å². The normalized spacial score (nSPS) is 27.0. The van der Waals surface area contributed by atoms with Crippen LogP contribution < -0.4 is 15.4 Å². The summed E-state index contributed by atoms with van der Waals surface area (Å²) in [5, 5.41) is 7.02. The molecule has 2 fully saturated rings. The molecule has 3 atom stereocenters. The third-order valence-corrected chi connectivity index (χ3v) is 5.68. The SMILES string of the molecule is CCC(=O)N1CCC(NC(=NC)NC2CC2(C)c2ccccc2OC)C1.I. The van der Waals surface area contributed by atoms with E-state index in [0.29, 0.717) is 12.5 Å². The molecule has 6 nitrogen and oxygen atoms in total. The molecule has 3 rings (SSSR count). The average Bonchev–Trinajstić information content (AvgIpc) is 3.09. The first kappa shape index (κ1) is 21.8. The second-order valence-corrected chi connectivity index (χ2v) is 7.41. The van der Waals surface area contributed by atoms with Crippen LogP contribution in [0.4, 0.5) is 0 Å². The fourth-order valence-corrected chi connectivity index (χ4v) is 3.85. The number of hydrogen-bond donors (Lipinski definition) is 2. The summed E-state index contributed by atoms with van der Waals surface area (Å²) in [6, 6.07) is 8.79. The van der Waals surface area contributed by atoms with E-state index in [1.807, 2.05) is 24.0 Å². The maximum atomic E-state index is 11.8. The molecule has 1 saturated carbocycles. The number of ether oxygens (including phenoxy) is 1. The minimum atomic E-state index is 0. The highest BCUT2D eigenvalue weighted by Crippen LogP contribution is 2.50. The first-order valence-electron chi connectivity index (χ1n) is 9.43. The molecule has 1 amide bonds. The Kier molecular flexibility index (Phi) is 7.36. The van der Waals surface area contributed by atoms with Crippen molar-refractivity contribution in [2.45, 2.75) is 50.6 Å². The molecular formula is C20H31IN4O2. The van der Waals surface area contributed by atoms with Crippen molar-refractivity contribution < 1.29 is 9.53 Å². The van der Waals surface area contributed by atoms with Gasteiger partial charge in [0.15, 0.2) is 5.96 Å². The van der Waals surface area contributed by atoms with Crippen molar-refractivity contribution in [2.24, 2.45) is 4.99 Å². The molecule has 0 bridgehead atoms. The Morgan fingerprint density at radius 2 is 2.11 bits per heavy atom. The standard InChI is InChI=1S/C20H30N4O2.HI/c1-5-18(25)24-11-10-14(13-24)22-19(21-3)23-17-12-20(17,2)15-8-6-7-9-16(15)26-4;/h6-9,14,17H,5,10-13H2,1-4H3,(H2,21,22,23);1H. The number of likely N-dealkylation sites (tertiary alicyclic amines) is 1. The Balaban J connectivity index is 0.00000261. The average molecular weight is 486 g/mol. The van der Waals surface area contributed by atoms with Crippen LogP contribution in [0.15, 0.2) is 29.3 Å². The van der Waals surface area contributed by atoms with Gasteiger partial charge in [0.1, 0.15) is 5.75 Å². The molecular weight excluding hydrogens is 455 g/mol. The van der Waals surface area contributed by atoms with E-state index >= 15 is 0 Å². The van der Waals surface area contributed by atoms with E-state index in [1.165, 1.54) is 5.56 Å². The summed E-state index contributed by atoms with van der Waals surface area (Å²) < 4.78 is 5.53. The van der Waals surface area contributed by atoms with Crippen molar-refractivity contribution >= 4 is 35.8 Å². The number of halogens is 1. The van der Waals surface area contributed by atoms with Crippen LogP contribution in [0.25, 0.3) is 0 Å². The summed E-state index contributed by atoms with van der Waals surface area (Å²) in [7, 11) is 3.51. The Bertz CT molecular complexity index is 696. The van der Waals surface area contributed by atoms with Gasteiger partial charge < -0.3 is 20.3 Å². The van der Waals surface area contributed by atoms with E-state index in [4.69, 9.17) is 4.74 Å². The van der Waals surface area contributed by atoms with Crippen molar-refractivity contribution in [1.82, 2.24) is 15.5 Å². The second kappa shape index (κ2) is 9.12. The predicted octanol–water partition coefficient (Wildman–Crippen LogP) is 2.52. The van der Waals surface area contributed by atoms with Crippen molar-refractivity contribution in [1.29, 1.82) is 0 Å². The Morgan fingerprint density at radius 3 is 2.78 bits per heavy atom. The van der Waals surface area contributed by atoms with Gasteiger partial charge in [-0.3, -0.25) is 9.79 Å². The van der Waals surface area contributed by atoms with E-state index in [0.717, 1.165) is 37.6 Å². The van der Waals surface area contributed by atoms with Gasteiger partial charge in [-0.2, -0.15) is 0 Å². The number of hydrogen-bond acceptors (Lipinski definition) is 3. The molecule has 0 radical (unpaired) electrons. The van der Waals surface area contributed by atoms with Gasteiger partial charge in [0.2, 0.25) is 5.91 Å². The molecule has 2 N–H and O–H groups in total. The van der Waals surface area contributed by atoms with Gasteiger partial charge in [0, 0.05) is 49.6 Å². The van der Waals surface area contributed by atoms with Gasteiger partial charge in [-0.1, -0.05) is 32.0 Å². The highest BCUT2D eigenvalue weighted by molar-refractivity contribution is 14.0. The number of benzene rings is 1. The minimum Gasteiger partial charge on any atom is -0.496 e. The summed E-state index contributed by atoms with van der Waals surface area (Å²) in [5.41, 5.74) is 1.28. The number of guanidine groups is 1. The molecule has 2 aliphatic rings. The van der Waals surface area contributed by atoms with Gasteiger partial charge in [-0.05, 0) is 18.9 Å². The maximum Gasteiger partial charge on any atom is 0.222 e. The zero-order chi connectivity index (χ0) is 18.7. The van der Waals surface area contributed by atoms with Crippen LogP contribution in [0, 0.1) is 0 Å². The van der Waals surface area contributed by atoms with Crippen LogP contribution in [0.3, 0.4) is 0 Å². The Labute approximate surface area is 179 Å². The molecule has 3 unspecified atom stereocenters. The van der Waals surface area contributed by atoms with Crippen LogP contribution in [-0.2, 0) is 10.2 Å². The zero-order valence-corrected chi connectivity index (χ0v) is 18.9. The first-order valence-corrected chi connectivity index (χ1v) is 9.43. The predicted molar refractivity (Wildman–Crippen MR) is 119 cm³/mol.